The van der Waals surface area contributed by atoms with Gasteiger partial charge in [0.05, 0.1) is 10.9 Å². The van der Waals surface area contributed by atoms with Crippen LogP contribution < -0.4 is 56.5 Å². The summed E-state index contributed by atoms with van der Waals surface area (Å²) in [7, 11) is -3.47. The zero-order valence-electron chi connectivity index (χ0n) is 11.9. The van der Waals surface area contributed by atoms with Gasteiger partial charge in [-0.3, -0.25) is 0 Å². The summed E-state index contributed by atoms with van der Waals surface area (Å²) in [5.41, 5.74) is 0.600. The molecule has 7 heteroatoms. The van der Waals surface area contributed by atoms with Crippen LogP contribution >= 0.6 is 0 Å². The van der Waals surface area contributed by atoms with Crippen molar-refractivity contribution in [2.45, 2.75) is 18.7 Å². The second kappa shape index (κ2) is 9.09. The Morgan fingerprint density at radius 3 is 2.10 bits per heavy atom. The number of carboxylic acid groups (broad SMARTS) is 1. The number of nitrogens with zero attached hydrogens (tertiary/aromatic N) is 1. The van der Waals surface area contributed by atoms with Gasteiger partial charge >= 0.3 is 51.4 Å². The number of hydrogen-bond acceptors (Lipinski definition) is 4. The molecule has 0 aliphatic carbocycles. The van der Waals surface area contributed by atoms with Crippen LogP contribution in [0.25, 0.3) is 6.08 Å². The van der Waals surface area contributed by atoms with Crippen LogP contribution in [0, 0.1) is 0 Å². The Bertz CT molecular complexity index is 563. The molecule has 1 aromatic rings. The first-order valence-electron chi connectivity index (χ1n) is 5.91. The van der Waals surface area contributed by atoms with Crippen LogP contribution in [0.5, 0.6) is 0 Å². The number of rotatable bonds is 6. The third kappa shape index (κ3) is 5.40. The molecule has 0 unspecified atom stereocenters. The molecule has 1 aromatic carbocycles. The summed E-state index contributed by atoms with van der Waals surface area (Å²) in [6, 6.07) is 6.02. The van der Waals surface area contributed by atoms with Crippen molar-refractivity contribution in [3.8, 4) is 0 Å². The summed E-state index contributed by atoms with van der Waals surface area (Å²) in [5, 5.41) is 10.3. The van der Waals surface area contributed by atoms with Crippen LogP contribution in [0.3, 0.4) is 0 Å². The van der Waals surface area contributed by atoms with Crippen LogP contribution in [-0.2, 0) is 14.8 Å². The molecule has 0 saturated carbocycles. The van der Waals surface area contributed by atoms with Crippen molar-refractivity contribution in [3.63, 3.8) is 0 Å². The monoisotopic (exact) mass is 321 g/mol. The fraction of sp³-hybridized carbons (Fsp3) is 0.308. The van der Waals surface area contributed by atoms with E-state index < -0.39 is 16.0 Å². The molecule has 104 valence electrons. The van der Waals surface area contributed by atoms with E-state index in [2.05, 4.69) is 0 Å². The maximum Gasteiger partial charge on any atom is 1.00 e. The van der Waals surface area contributed by atoms with Crippen molar-refractivity contribution < 1.29 is 69.7 Å². The van der Waals surface area contributed by atoms with E-state index in [-0.39, 0.29) is 56.3 Å². The predicted octanol–water partition coefficient (Wildman–Crippen LogP) is -2.52. The van der Waals surface area contributed by atoms with E-state index in [9.17, 15) is 18.3 Å². The van der Waals surface area contributed by atoms with Crippen molar-refractivity contribution in [3.05, 3.63) is 35.9 Å². The van der Waals surface area contributed by atoms with Crippen LogP contribution in [0.2, 0.25) is 0 Å². The van der Waals surface area contributed by atoms with Gasteiger partial charge in [-0.05, 0) is 23.8 Å². The molecular formula is C13H16KNO4S. The zero-order valence-corrected chi connectivity index (χ0v) is 15.8. The summed E-state index contributed by atoms with van der Waals surface area (Å²) in [6.07, 6.45) is 2.25. The Morgan fingerprint density at radius 2 is 1.70 bits per heavy atom. The first kappa shape index (κ1) is 20.0. The first-order valence-corrected chi connectivity index (χ1v) is 7.35. The molecule has 0 aliphatic heterocycles. The molecule has 0 spiro atoms. The van der Waals surface area contributed by atoms with Gasteiger partial charge in [0.25, 0.3) is 0 Å². The number of benzene rings is 1. The van der Waals surface area contributed by atoms with Gasteiger partial charge in [0.2, 0.25) is 10.0 Å². The normalized spacial score (nSPS) is 11.6. The Hall–Kier alpha value is -0.0236. The van der Waals surface area contributed by atoms with Crippen molar-refractivity contribution in [2.75, 3.05) is 13.1 Å². The zero-order chi connectivity index (χ0) is 14.5. The summed E-state index contributed by atoms with van der Waals surface area (Å²) in [5.74, 6) is -1.29. The second-order valence-corrected chi connectivity index (χ2v) is 5.75. The van der Waals surface area contributed by atoms with E-state index in [1.165, 1.54) is 22.5 Å². The molecule has 20 heavy (non-hydrogen) atoms. The molecule has 0 amide bonds. The number of aliphatic carboxylic acids is 1. The number of carboxylic acids is 1. The third-order valence-electron chi connectivity index (χ3n) is 2.64. The van der Waals surface area contributed by atoms with Gasteiger partial charge in [-0.15, -0.1) is 0 Å². The van der Waals surface area contributed by atoms with E-state index in [1.54, 1.807) is 26.0 Å². The standard InChI is InChI=1S/C13H17NO4S.K/c1-3-14(4-2)19(17,18)12-8-5-11(6-9-12)7-10-13(15)16;/h5-10H,3-4H2,1-2H3,(H,15,16);/q;+1/p-1. The topological polar surface area (TPSA) is 77.5 Å². The van der Waals surface area contributed by atoms with Gasteiger partial charge in [0.15, 0.2) is 0 Å². The van der Waals surface area contributed by atoms with Gasteiger partial charge in [-0.2, -0.15) is 4.31 Å². The summed E-state index contributed by atoms with van der Waals surface area (Å²) in [6.45, 7) is 4.37. The Labute approximate surface area is 162 Å². The molecule has 0 atom stereocenters. The molecule has 0 N–H and O–H groups in total. The van der Waals surface area contributed by atoms with Gasteiger partial charge in [0, 0.05) is 13.1 Å². The molecule has 0 radical (unpaired) electrons. The van der Waals surface area contributed by atoms with Gasteiger partial charge in [-0.1, -0.05) is 32.1 Å². The number of sulfonamides is 1. The molecule has 0 aromatic heterocycles. The van der Waals surface area contributed by atoms with E-state index in [0.717, 1.165) is 6.08 Å². The second-order valence-electron chi connectivity index (χ2n) is 3.81. The Morgan fingerprint density at radius 1 is 1.20 bits per heavy atom. The van der Waals surface area contributed by atoms with E-state index in [4.69, 9.17) is 0 Å². The fourth-order valence-electron chi connectivity index (χ4n) is 1.63. The molecule has 5 nitrogen and oxygen atoms in total. The Balaban J connectivity index is 0.00000361. The largest absolute Gasteiger partial charge is 1.00 e. The smallest absolute Gasteiger partial charge is 0.545 e. The van der Waals surface area contributed by atoms with E-state index in [1.807, 2.05) is 0 Å². The summed E-state index contributed by atoms with van der Waals surface area (Å²) in [4.78, 5) is 10.5. The van der Waals surface area contributed by atoms with Crippen LogP contribution in [0.1, 0.15) is 19.4 Å². The van der Waals surface area contributed by atoms with Crippen LogP contribution in [0.15, 0.2) is 35.2 Å². The SMILES string of the molecule is CCN(CC)S(=O)(=O)c1ccc(C=CC(=O)[O-])cc1.[K+]. The number of hydrogen-bond donors (Lipinski definition) is 0. The molecule has 0 bridgehead atoms. The fourth-order valence-corrected chi connectivity index (χ4v) is 3.09. The van der Waals surface area contributed by atoms with Gasteiger partial charge < -0.3 is 9.90 Å². The number of carbonyl (C=O) groups excluding carboxylic acids is 1. The van der Waals surface area contributed by atoms with E-state index in [0.29, 0.717) is 18.7 Å². The molecular weight excluding hydrogens is 305 g/mol. The van der Waals surface area contributed by atoms with Crippen molar-refractivity contribution in [1.82, 2.24) is 4.31 Å². The minimum absolute atomic E-state index is 0. The average molecular weight is 321 g/mol. The summed E-state index contributed by atoms with van der Waals surface area (Å²) >= 11 is 0. The molecule has 1 rings (SSSR count). The quantitative estimate of drug-likeness (QED) is 0.428. The van der Waals surface area contributed by atoms with E-state index >= 15 is 0 Å². The summed E-state index contributed by atoms with van der Waals surface area (Å²) < 4.78 is 25.7. The van der Waals surface area contributed by atoms with Crippen molar-refractivity contribution >= 4 is 22.1 Å². The van der Waals surface area contributed by atoms with Crippen molar-refractivity contribution in [1.29, 1.82) is 0 Å². The average Bonchev–Trinajstić information content (AvgIpc) is 2.38. The van der Waals surface area contributed by atoms with Crippen LogP contribution in [0.4, 0.5) is 0 Å². The minimum atomic E-state index is -3.47. The third-order valence-corrected chi connectivity index (χ3v) is 4.70. The number of carbonyl (C=O) groups is 1. The maximum absolute atomic E-state index is 12.2. The molecule has 0 aliphatic rings. The first-order chi connectivity index (χ1) is 8.91. The maximum atomic E-state index is 12.2. The predicted molar refractivity (Wildman–Crippen MR) is 70.6 cm³/mol. The van der Waals surface area contributed by atoms with Crippen molar-refractivity contribution in [2.24, 2.45) is 0 Å². The Kier molecular flexibility index (Phi) is 9.08. The minimum Gasteiger partial charge on any atom is -0.545 e. The molecule has 0 heterocycles. The molecule has 0 saturated heterocycles. The van der Waals surface area contributed by atoms with Gasteiger partial charge in [0.1, 0.15) is 0 Å². The molecule has 0 fully saturated rings. The van der Waals surface area contributed by atoms with Crippen LogP contribution in [-0.4, -0.2) is 31.8 Å². The van der Waals surface area contributed by atoms with Gasteiger partial charge in [-0.25, -0.2) is 8.42 Å².